The van der Waals surface area contributed by atoms with Crippen molar-refractivity contribution in [3.8, 4) is 0 Å². The summed E-state index contributed by atoms with van der Waals surface area (Å²) >= 11 is 3.48. The van der Waals surface area contributed by atoms with Crippen LogP contribution in [0.4, 0.5) is 0 Å². The van der Waals surface area contributed by atoms with Crippen LogP contribution in [0.1, 0.15) is 17.5 Å². The van der Waals surface area contributed by atoms with Crippen LogP contribution in [0.2, 0.25) is 0 Å². The van der Waals surface area contributed by atoms with Gasteiger partial charge in [0.2, 0.25) is 0 Å². The fourth-order valence-corrected chi connectivity index (χ4v) is 2.57. The molecule has 3 heteroatoms. The molecule has 2 rings (SSSR count). The highest BCUT2D eigenvalue weighted by Gasteiger charge is 2.21. The van der Waals surface area contributed by atoms with Crippen molar-refractivity contribution in [3.63, 3.8) is 0 Å². The van der Waals surface area contributed by atoms with Gasteiger partial charge in [-0.15, -0.1) is 0 Å². The normalized spacial score (nSPS) is 18.6. The van der Waals surface area contributed by atoms with E-state index >= 15 is 0 Å². The van der Waals surface area contributed by atoms with Gasteiger partial charge in [0.15, 0.2) is 0 Å². The summed E-state index contributed by atoms with van der Waals surface area (Å²) in [6.45, 7) is 1.07. The van der Waals surface area contributed by atoms with Crippen molar-refractivity contribution in [1.82, 2.24) is 0 Å². The first-order chi connectivity index (χ1) is 7.29. The van der Waals surface area contributed by atoms with E-state index in [1.54, 1.807) is 0 Å². The Labute approximate surface area is 97.8 Å². The molecule has 0 bridgehead atoms. The Bertz CT molecular complexity index is 363. The van der Waals surface area contributed by atoms with Crippen molar-refractivity contribution >= 4 is 22.4 Å². The van der Waals surface area contributed by atoms with E-state index in [0.717, 1.165) is 23.7 Å². The Balaban J connectivity index is 1.94. The number of benzene rings is 1. The van der Waals surface area contributed by atoms with E-state index in [1.165, 1.54) is 11.1 Å². The van der Waals surface area contributed by atoms with E-state index < -0.39 is 0 Å². The van der Waals surface area contributed by atoms with Gasteiger partial charge in [0.25, 0.3) is 6.47 Å². The van der Waals surface area contributed by atoms with Gasteiger partial charge < -0.3 is 4.74 Å². The topological polar surface area (TPSA) is 26.3 Å². The SMILES string of the molecule is O=COCCC1Cc2ccc(Br)cc2C1. The van der Waals surface area contributed by atoms with Crippen LogP contribution in [-0.4, -0.2) is 13.1 Å². The molecule has 0 saturated carbocycles. The molecule has 0 heterocycles. The van der Waals surface area contributed by atoms with Crippen molar-refractivity contribution in [2.24, 2.45) is 5.92 Å². The van der Waals surface area contributed by atoms with Gasteiger partial charge in [-0.3, -0.25) is 4.79 Å². The lowest BCUT2D eigenvalue weighted by Crippen LogP contribution is -2.04. The average molecular weight is 269 g/mol. The van der Waals surface area contributed by atoms with Crippen molar-refractivity contribution in [2.75, 3.05) is 6.61 Å². The second kappa shape index (κ2) is 4.79. The third-order valence-electron chi connectivity index (χ3n) is 2.90. The lowest BCUT2D eigenvalue weighted by molar-refractivity contribution is -0.129. The molecule has 1 unspecified atom stereocenters. The van der Waals surface area contributed by atoms with Gasteiger partial charge in [0.1, 0.15) is 0 Å². The van der Waals surface area contributed by atoms with Gasteiger partial charge in [0.05, 0.1) is 6.61 Å². The largest absolute Gasteiger partial charge is 0.468 e. The standard InChI is InChI=1S/C12H13BrO2/c13-12-2-1-10-5-9(3-4-15-8-14)6-11(10)7-12/h1-2,7-9H,3-6H2. The Morgan fingerprint density at radius 1 is 1.40 bits per heavy atom. The van der Waals surface area contributed by atoms with Crippen LogP contribution >= 0.6 is 15.9 Å². The summed E-state index contributed by atoms with van der Waals surface area (Å²) in [5, 5.41) is 0. The van der Waals surface area contributed by atoms with Crippen molar-refractivity contribution < 1.29 is 9.53 Å². The minimum Gasteiger partial charge on any atom is -0.468 e. The fraction of sp³-hybridized carbons (Fsp3) is 0.417. The Kier molecular flexibility index (Phi) is 3.41. The summed E-state index contributed by atoms with van der Waals surface area (Å²) in [6.07, 6.45) is 3.19. The van der Waals surface area contributed by atoms with Gasteiger partial charge in [-0.05, 0) is 48.4 Å². The number of rotatable bonds is 4. The first-order valence-corrected chi connectivity index (χ1v) is 5.91. The fourth-order valence-electron chi connectivity index (χ4n) is 2.16. The molecule has 2 nitrogen and oxygen atoms in total. The number of hydrogen-bond acceptors (Lipinski definition) is 2. The summed E-state index contributed by atoms with van der Waals surface area (Å²) in [5.41, 5.74) is 2.87. The molecule has 1 aromatic carbocycles. The highest BCUT2D eigenvalue weighted by molar-refractivity contribution is 9.10. The van der Waals surface area contributed by atoms with Crippen LogP contribution in [0, 0.1) is 5.92 Å². The number of carbonyl (C=O) groups is 1. The minimum atomic E-state index is 0.526. The number of hydrogen-bond donors (Lipinski definition) is 0. The quantitative estimate of drug-likeness (QED) is 0.620. The van der Waals surface area contributed by atoms with Gasteiger partial charge in [-0.25, -0.2) is 0 Å². The molecule has 1 aliphatic rings. The van der Waals surface area contributed by atoms with Crippen LogP contribution in [-0.2, 0) is 22.4 Å². The van der Waals surface area contributed by atoms with E-state index in [4.69, 9.17) is 4.74 Å². The predicted octanol–water partition coefficient (Wildman–Crippen LogP) is 2.73. The maximum atomic E-state index is 10.0. The lowest BCUT2D eigenvalue weighted by Gasteiger charge is -2.06. The Morgan fingerprint density at radius 3 is 3.00 bits per heavy atom. The van der Waals surface area contributed by atoms with Crippen molar-refractivity contribution in [1.29, 1.82) is 0 Å². The maximum Gasteiger partial charge on any atom is 0.293 e. The number of ether oxygens (including phenoxy) is 1. The third-order valence-corrected chi connectivity index (χ3v) is 3.39. The molecule has 1 aromatic rings. The van der Waals surface area contributed by atoms with Crippen molar-refractivity contribution in [3.05, 3.63) is 33.8 Å². The van der Waals surface area contributed by atoms with E-state index in [0.29, 0.717) is 19.0 Å². The van der Waals surface area contributed by atoms with Gasteiger partial charge in [-0.2, -0.15) is 0 Å². The Morgan fingerprint density at radius 2 is 2.20 bits per heavy atom. The van der Waals surface area contributed by atoms with E-state index in [-0.39, 0.29) is 0 Å². The van der Waals surface area contributed by atoms with E-state index in [1.807, 2.05) is 0 Å². The summed E-state index contributed by atoms with van der Waals surface area (Å²) in [6, 6.07) is 6.46. The van der Waals surface area contributed by atoms with Crippen LogP contribution < -0.4 is 0 Å². The molecule has 0 fully saturated rings. The Hall–Kier alpha value is -0.830. The molecule has 0 radical (unpaired) electrons. The smallest absolute Gasteiger partial charge is 0.293 e. The van der Waals surface area contributed by atoms with Crippen LogP contribution in [0.3, 0.4) is 0 Å². The molecule has 0 spiro atoms. The number of fused-ring (bicyclic) bond motifs is 1. The zero-order chi connectivity index (χ0) is 10.7. The summed E-state index contributed by atoms with van der Waals surface area (Å²) < 4.78 is 5.87. The second-order valence-electron chi connectivity index (χ2n) is 3.94. The monoisotopic (exact) mass is 268 g/mol. The molecule has 0 aliphatic heterocycles. The molecule has 0 amide bonds. The number of carbonyl (C=O) groups excluding carboxylic acids is 1. The first kappa shape index (κ1) is 10.7. The molecule has 1 aliphatic carbocycles. The molecule has 0 aromatic heterocycles. The van der Waals surface area contributed by atoms with Crippen molar-refractivity contribution in [2.45, 2.75) is 19.3 Å². The highest BCUT2D eigenvalue weighted by atomic mass is 79.9. The first-order valence-electron chi connectivity index (χ1n) is 5.12. The van der Waals surface area contributed by atoms with Crippen LogP contribution in [0.5, 0.6) is 0 Å². The van der Waals surface area contributed by atoms with E-state index in [9.17, 15) is 4.79 Å². The summed E-state index contributed by atoms with van der Waals surface area (Å²) in [5.74, 6) is 0.634. The molecule has 15 heavy (non-hydrogen) atoms. The van der Waals surface area contributed by atoms with Crippen LogP contribution in [0.15, 0.2) is 22.7 Å². The number of halogens is 1. The average Bonchev–Trinajstić information content (AvgIpc) is 2.60. The maximum absolute atomic E-state index is 10.0. The summed E-state index contributed by atoms with van der Waals surface area (Å²) in [7, 11) is 0. The zero-order valence-corrected chi connectivity index (χ0v) is 10.00. The molecule has 80 valence electrons. The molecular formula is C12H13BrO2. The second-order valence-corrected chi connectivity index (χ2v) is 4.86. The highest BCUT2D eigenvalue weighted by Crippen LogP contribution is 2.30. The summed E-state index contributed by atoms with van der Waals surface area (Å²) in [4.78, 5) is 10.0. The molecule has 0 saturated heterocycles. The lowest BCUT2D eigenvalue weighted by atomic mass is 10.0. The minimum absolute atomic E-state index is 0.526. The van der Waals surface area contributed by atoms with Gasteiger partial charge in [0, 0.05) is 4.47 Å². The molecular weight excluding hydrogens is 256 g/mol. The third kappa shape index (κ3) is 2.59. The van der Waals surface area contributed by atoms with E-state index in [2.05, 4.69) is 34.1 Å². The molecule has 1 atom stereocenters. The van der Waals surface area contributed by atoms with Gasteiger partial charge >= 0.3 is 0 Å². The zero-order valence-electron chi connectivity index (χ0n) is 8.41. The van der Waals surface area contributed by atoms with Gasteiger partial charge in [-0.1, -0.05) is 22.0 Å². The predicted molar refractivity (Wildman–Crippen MR) is 61.7 cm³/mol. The van der Waals surface area contributed by atoms with Crippen LogP contribution in [0.25, 0.3) is 0 Å². The molecule has 0 N–H and O–H groups in total.